The van der Waals surface area contributed by atoms with E-state index in [0.29, 0.717) is 57.0 Å². The lowest BCUT2D eigenvalue weighted by Gasteiger charge is -2.43. The third-order valence-corrected chi connectivity index (χ3v) is 7.61. The third kappa shape index (κ3) is 5.59. The van der Waals surface area contributed by atoms with Crippen LogP contribution in [0, 0.1) is 17.8 Å². The zero-order valence-electron chi connectivity index (χ0n) is 17.7. The van der Waals surface area contributed by atoms with E-state index in [1.165, 1.54) is 0 Å². The number of carbonyl (C=O) groups excluding carboxylic acids is 1. The van der Waals surface area contributed by atoms with E-state index in [1.807, 2.05) is 0 Å². The molecule has 2 aliphatic heterocycles. The fourth-order valence-corrected chi connectivity index (χ4v) is 5.87. The van der Waals surface area contributed by atoms with Gasteiger partial charge in [-0.25, -0.2) is 9.18 Å². The van der Waals surface area contributed by atoms with Crippen LogP contribution in [-0.2, 0) is 18.9 Å². The maximum atomic E-state index is 13.7. The van der Waals surface area contributed by atoms with Crippen LogP contribution in [0.4, 0.5) is 9.18 Å². The molecule has 5 unspecified atom stereocenters. The Kier molecular flexibility index (Phi) is 8.12. The molecule has 172 valence electrons. The highest BCUT2D eigenvalue weighted by atomic mass is 35.5. The summed E-state index contributed by atoms with van der Waals surface area (Å²) in [6.45, 7) is 2.58. The Morgan fingerprint density at radius 3 is 2.67 bits per heavy atom. The van der Waals surface area contributed by atoms with Gasteiger partial charge < -0.3 is 23.8 Å². The number of nitrogens with zero attached hydrogens (tertiary/aromatic N) is 1. The smallest absolute Gasteiger partial charge is 0.409 e. The molecule has 0 aromatic rings. The van der Waals surface area contributed by atoms with Crippen molar-refractivity contribution in [2.24, 2.45) is 17.8 Å². The minimum atomic E-state index is -0.648. The zero-order chi connectivity index (χ0) is 20.9. The molecule has 2 aliphatic carbocycles. The van der Waals surface area contributed by atoms with Crippen LogP contribution in [0.3, 0.4) is 0 Å². The summed E-state index contributed by atoms with van der Waals surface area (Å²) in [5.41, 5.74) is 0. The van der Waals surface area contributed by atoms with Crippen LogP contribution < -0.4 is 0 Å². The van der Waals surface area contributed by atoms with Gasteiger partial charge in [0.15, 0.2) is 0 Å². The van der Waals surface area contributed by atoms with Crippen LogP contribution in [0.25, 0.3) is 0 Å². The number of rotatable bonds is 6. The highest BCUT2D eigenvalue weighted by molar-refractivity contribution is 6.18. The molecular formula is C22H35ClFNO5. The van der Waals surface area contributed by atoms with Crippen LogP contribution in [0.15, 0.2) is 0 Å². The van der Waals surface area contributed by atoms with E-state index in [2.05, 4.69) is 0 Å². The summed E-state index contributed by atoms with van der Waals surface area (Å²) in [7, 11) is 0. The normalized spacial score (nSPS) is 39.5. The molecule has 30 heavy (non-hydrogen) atoms. The largest absolute Gasteiger partial charge is 0.448 e. The summed E-state index contributed by atoms with van der Waals surface area (Å²) in [4.78, 5) is 14.2. The van der Waals surface area contributed by atoms with Gasteiger partial charge in [0.1, 0.15) is 19.6 Å². The molecule has 2 heterocycles. The van der Waals surface area contributed by atoms with Crippen molar-refractivity contribution in [1.29, 1.82) is 0 Å². The molecule has 4 fully saturated rings. The Morgan fingerprint density at radius 2 is 1.87 bits per heavy atom. The average Bonchev–Trinajstić information content (AvgIpc) is 3.24. The number of carbonyl (C=O) groups is 1. The molecule has 1 amide bonds. The molecule has 0 N–H and O–H groups in total. The molecule has 8 heteroatoms. The molecule has 0 aromatic heterocycles. The summed E-state index contributed by atoms with van der Waals surface area (Å²) in [5, 5.41) is 0. The Bertz CT molecular complexity index is 562. The van der Waals surface area contributed by atoms with Crippen LogP contribution in [-0.4, -0.2) is 74.5 Å². The van der Waals surface area contributed by atoms with Crippen molar-refractivity contribution in [3.63, 3.8) is 0 Å². The summed E-state index contributed by atoms with van der Waals surface area (Å²) >= 11 is 5.66. The van der Waals surface area contributed by atoms with Gasteiger partial charge in [0.2, 0.25) is 0 Å². The SMILES string of the molecule is O=C(OCCCl)N1CCC(C2CCC(F)CC2)C(COC2CCC3OCOC3C2)C1. The Balaban J connectivity index is 1.34. The van der Waals surface area contributed by atoms with Crippen molar-refractivity contribution in [1.82, 2.24) is 4.90 Å². The van der Waals surface area contributed by atoms with E-state index < -0.39 is 6.17 Å². The minimum absolute atomic E-state index is 0.146. The number of amides is 1. The number of alkyl halides is 2. The zero-order valence-corrected chi connectivity index (χ0v) is 18.4. The maximum Gasteiger partial charge on any atom is 0.409 e. The molecular weight excluding hydrogens is 413 g/mol. The lowest BCUT2D eigenvalue weighted by molar-refractivity contribution is -0.0616. The highest BCUT2D eigenvalue weighted by Gasteiger charge is 2.40. The summed E-state index contributed by atoms with van der Waals surface area (Å²) in [6, 6.07) is 0. The van der Waals surface area contributed by atoms with Gasteiger partial charge in [-0.3, -0.25) is 0 Å². The van der Waals surface area contributed by atoms with E-state index >= 15 is 0 Å². The monoisotopic (exact) mass is 447 g/mol. The van der Waals surface area contributed by atoms with Crippen LogP contribution in [0.5, 0.6) is 0 Å². The number of halogens is 2. The predicted molar refractivity (Wildman–Crippen MR) is 110 cm³/mol. The van der Waals surface area contributed by atoms with Crippen molar-refractivity contribution in [2.75, 3.05) is 39.0 Å². The van der Waals surface area contributed by atoms with Crippen LogP contribution >= 0.6 is 11.6 Å². The first kappa shape index (κ1) is 22.6. The lowest BCUT2D eigenvalue weighted by Crippen LogP contribution is -2.48. The van der Waals surface area contributed by atoms with Crippen molar-refractivity contribution in [3.8, 4) is 0 Å². The first-order valence-electron chi connectivity index (χ1n) is 11.6. The minimum Gasteiger partial charge on any atom is -0.448 e. The van der Waals surface area contributed by atoms with Gasteiger partial charge >= 0.3 is 6.09 Å². The molecule has 6 nitrogen and oxygen atoms in total. The molecule has 0 aromatic carbocycles. The van der Waals surface area contributed by atoms with Gasteiger partial charge in [0.25, 0.3) is 0 Å². The van der Waals surface area contributed by atoms with Gasteiger partial charge in [-0.05, 0) is 56.8 Å². The second-order valence-electron chi connectivity index (χ2n) is 9.27. The van der Waals surface area contributed by atoms with E-state index in [0.717, 1.165) is 38.5 Å². The topological polar surface area (TPSA) is 57.2 Å². The molecule has 4 aliphatic rings. The van der Waals surface area contributed by atoms with Gasteiger partial charge in [0.05, 0.1) is 30.8 Å². The maximum absolute atomic E-state index is 13.7. The quantitative estimate of drug-likeness (QED) is 0.573. The van der Waals surface area contributed by atoms with Gasteiger partial charge in [0, 0.05) is 25.4 Å². The van der Waals surface area contributed by atoms with Gasteiger partial charge in [-0.1, -0.05) is 0 Å². The fourth-order valence-electron chi connectivity index (χ4n) is 5.79. The van der Waals surface area contributed by atoms with E-state index in [1.54, 1.807) is 4.90 Å². The standard InChI is InChI=1S/C22H35ClFNO5/c23-8-10-27-22(26)25-9-7-19(15-1-3-17(24)4-2-15)16(12-25)13-28-18-5-6-20-21(11-18)30-14-29-20/h15-21H,1-14H2. The molecule has 0 spiro atoms. The highest BCUT2D eigenvalue weighted by Crippen LogP contribution is 2.40. The van der Waals surface area contributed by atoms with Crippen molar-refractivity contribution >= 4 is 17.7 Å². The van der Waals surface area contributed by atoms with Crippen molar-refractivity contribution in [3.05, 3.63) is 0 Å². The average molecular weight is 448 g/mol. The third-order valence-electron chi connectivity index (χ3n) is 7.45. The van der Waals surface area contributed by atoms with Gasteiger partial charge in [-0.2, -0.15) is 0 Å². The lowest BCUT2D eigenvalue weighted by atomic mass is 9.71. The summed E-state index contributed by atoms with van der Waals surface area (Å²) in [6.07, 6.45) is 6.57. The van der Waals surface area contributed by atoms with Crippen molar-refractivity contribution < 1.29 is 28.1 Å². The summed E-state index contributed by atoms with van der Waals surface area (Å²) in [5.74, 6) is 1.55. The Labute approximate surface area is 183 Å². The summed E-state index contributed by atoms with van der Waals surface area (Å²) < 4.78 is 36.6. The predicted octanol–water partition coefficient (Wildman–Crippen LogP) is 4.14. The number of piperidine rings is 1. The Morgan fingerprint density at radius 1 is 1.07 bits per heavy atom. The number of hydrogen-bond acceptors (Lipinski definition) is 5. The van der Waals surface area contributed by atoms with Gasteiger partial charge in [-0.15, -0.1) is 11.6 Å². The fraction of sp³-hybridized carbons (Fsp3) is 0.955. The number of ether oxygens (including phenoxy) is 4. The van der Waals surface area contributed by atoms with E-state index in [-0.39, 0.29) is 36.9 Å². The van der Waals surface area contributed by atoms with E-state index in [9.17, 15) is 9.18 Å². The van der Waals surface area contributed by atoms with Crippen molar-refractivity contribution in [2.45, 2.75) is 75.9 Å². The van der Waals surface area contributed by atoms with E-state index in [4.69, 9.17) is 30.5 Å². The molecule has 0 bridgehead atoms. The first-order chi connectivity index (χ1) is 14.6. The molecule has 2 saturated carbocycles. The second kappa shape index (κ2) is 10.8. The molecule has 5 atom stereocenters. The first-order valence-corrected chi connectivity index (χ1v) is 12.1. The number of likely N-dealkylation sites (tertiary alicyclic amines) is 1. The molecule has 4 rings (SSSR count). The van der Waals surface area contributed by atoms with Crippen LogP contribution in [0.2, 0.25) is 0 Å². The van der Waals surface area contributed by atoms with Crippen LogP contribution in [0.1, 0.15) is 51.4 Å². The molecule has 0 radical (unpaired) electrons. The molecule has 2 saturated heterocycles. The number of hydrogen-bond donors (Lipinski definition) is 0. The Hall–Kier alpha value is -0.630. The second-order valence-corrected chi connectivity index (χ2v) is 9.65. The number of fused-ring (bicyclic) bond motifs is 1.